The van der Waals surface area contributed by atoms with Crippen molar-refractivity contribution in [2.75, 3.05) is 24.0 Å². The second kappa shape index (κ2) is 5.61. The van der Waals surface area contributed by atoms with Gasteiger partial charge in [-0.05, 0) is 18.2 Å². The summed E-state index contributed by atoms with van der Waals surface area (Å²) in [5.41, 5.74) is 12.4. The molecule has 0 radical (unpaired) electrons. The lowest BCUT2D eigenvalue weighted by molar-refractivity contribution is 0.0461. The fraction of sp³-hybridized carbons (Fsp3) is 0.364. The number of benzene rings is 1. The van der Waals surface area contributed by atoms with Crippen LogP contribution in [0.5, 0.6) is 0 Å². The number of nitrogens with two attached hydrogens (primary N) is 2. The van der Waals surface area contributed by atoms with Crippen molar-refractivity contribution in [1.82, 2.24) is 0 Å². The van der Waals surface area contributed by atoms with Crippen LogP contribution in [0.3, 0.4) is 0 Å². The van der Waals surface area contributed by atoms with E-state index in [4.69, 9.17) is 27.8 Å². The molecule has 4 nitrogen and oxygen atoms in total. The fourth-order valence-electron chi connectivity index (χ4n) is 1.14. The molecular weight excluding hydrogens is 228 g/mol. The standard InChI is InChI=1S/C11H15ClN2O2/c1-7(5-12)6-16-11(15)8-2-9(13)4-10(14)3-8/h2-4,7H,5-6,13-14H2,1H3. The molecule has 1 unspecified atom stereocenters. The minimum Gasteiger partial charge on any atom is -0.462 e. The maximum Gasteiger partial charge on any atom is 0.338 e. The van der Waals surface area contributed by atoms with Crippen LogP contribution in [0.1, 0.15) is 17.3 Å². The highest BCUT2D eigenvalue weighted by Gasteiger charge is 2.10. The van der Waals surface area contributed by atoms with Crippen molar-refractivity contribution >= 4 is 28.9 Å². The van der Waals surface area contributed by atoms with Gasteiger partial charge in [0, 0.05) is 23.2 Å². The third-order valence-electron chi connectivity index (χ3n) is 1.98. The quantitative estimate of drug-likeness (QED) is 0.480. The Bertz CT molecular complexity index is 362. The molecule has 0 fully saturated rings. The average molecular weight is 243 g/mol. The molecule has 1 atom stereocenters. The van der Waals surface area contributed by atoms with Crippen LogP contribution >= 0.6 is 11.6 Å². The summed E-state index contributed by atoms with van der Waals surface area (Å²) in [6.07, 6.45) is 0. The summed E-state index contributed by atoms with van der Waals surface area (Å²) >= 11 is 5.60. The van der Waals surface area contributed by atoms with Crippen molar-refractivity contribution in [1.29, 1.82) is 0 Å². The van der Waals surface area contributed by atoms with Crippen LogP contribution in [-0.4, -0.2) is 18.5 Å². The number of alkyl halides is 1. The molecule has 0 aromatic heterocycles. The zero-order chi connectivity index (χ0) is 12.1. The zero-order valence-corrected chi connectivity index (χ0v) is 9.83. The van der Waals surface area contributed by atoms with E-state index in [1.165, 1.54) is 12.1 Å². The van der Waals surface area contributed by atoms with E-state index in [1.807, 2.05) is 6.92 Å². The Balaban J connectivity index is 2.66. The molecule has 0 aliphatic rings. The molecule has 0 amide bonds. The van der Waals surface area contributed by atoms with E-state index in [0.29, 0.717) is 22.8 Å². The number of rotatable bonds is 4. The van der Waals surface area contributed by atoms with Gasteiger partial charge in [-0.25, -0.2) is 4.79 Å². The lowest BCUT2D eigenvalue weighted by Gasteiger charge is -2.09. The van der Waals surface area contributed by atoms with Gasteiger partial charge in [-0.3, -0.25) is 0 Å². The van der Waals surface area contributed by atoms with Crippen molar-refractivity contribution in [2.24, 2.45) is 5.92 Å². The van der Waals surface area contributed by atoms with Gasteiger partial charge in [0.1, 0.15) is 0 Å². The summed E-state index contributed by atoms with van der Waals surface area (Å²) in [6, 6.07) is 4.65. The van der Waals surface area contributed by atoms with E-state index in [9.17, 15) is 4.79 Å². The number of ether oxygens (including phenoxy) is 1. The first-order valence-electron chi connectivity index (χ1n) is 4.92. The van der Waals surface area contributed by atoms with E-state index < -0.39 is 5.97 Å². The molecular formula is C11H15ClN2O2. The van der Waals surface area contributed by atoms with Crippen LogP contribution in [0.4, 0.5) is 11.4 Å². The Hall–Kier alpha value is -1.42. The Kier molecular flexibility index (Phi) is 4.43. The first-order valence-corrected chi connectivity index (χ1v) is 5.45. The smallest absolute Gasteiger partial charge is 0.338 e. The summed E-state index contributed by atoms with van der Waals surface area (Å²) in [5.74, 6) is 0.145. The summed E-state index contributed by atoms with van der Waals surface area (Å²) in [4.78, 5) is 11.6. The molecule has 0 saturated carbocycles. The van der Waals surface area contributed by atoms with Crippen molar-refractivity contribution in [3.05, 3.63) is 23.8 Å². The Morgan fingerprint density at radius 2 is 1.94 bits per heavy atom. The molecule has 0 heterocycles. The summed E-state index contributed by atoms with van der Waals surface area (Å²) in [5, 5.41) is 0. The van der Waals surface area contributed by atoms with Crippen LogP contribution < -0.4 is 11.5 Å². The number of carbonyl (C=O) groups excluding carboxylic acids is 1. The summed E-state index contributed by atoms with van der Waals surface area (Å²) < 4.78 is 5.06. The zero-order valence-electron chi connectivity index (χ0n) is 9.07. The lowest BCUT2D eigenvalue weighted by atomic mass is 10.2. The molecule has 0 aliphatic heterocycles. The highest BCUT2D eigenvalue weighted by molar-refractivity contribution is 6.18. The molecule has 4 N–H and O–H groups in total. The third-order valence-corrected chi connectivity index (χ3v) is 2.50. The second-order valence-electron chi connectivity index (χ2n) is 3.75. The van der Waals surface area contributed by atoms with Gasteiger partial charge in [-0.2, -0.15) is 0 Å². The minimum atomic E-state index is -0.434. The Labute approximate surface area is 99.5 Å². The molecule has 1 aromatic carbocycles. The maximum atomic E-state index is 11.6. The van der Waals surface area contributed by atoms with Gasteiger partial charge in [-0.1, -0.05) is 6.92 Å². The van der Waals surface area contributed by atoms with Gasteiger partial charge < -0.3 is 16.2 Å². The molecule has 0 aliphatic carbocycles. The van der Waals surface area contributed by atoms with E-state index in [2.05, 4.69) is 0 Å². The number of hydrogen-bond acceptors (Lipinski definition) is 4. The van der Waals surface area contributed by atoms with Gasteiger partial charge in [0.05, 0.1) is 12.2 Å². The number of anilines is 2. The van der Waals surface area contributed by atoms with Crippen LogP contribution in [0.25, 0.3) is 0 Å². The van der Waals surface area contributed by atoms with Crippen LogP contribution in [-0.2, 0) is 4.74 Å². The van der Waals surface area contributed by atoms with E-state index in [-0.39, 0.29) is 12.5 Å². The molecule has 0 saturated heterocycles. The normalized spacial score (nSPS) is 12.1. The Morgan fingerprint density at radius 3 is 2.44 bits per heavy atom. The Morgan fingerprint density at radius 1 is 1.38 bits per heavy atom. The van der Waals surface area contributed by atoms with Crippen molar-refractivity contribution in [3.63, 3.8) is 0 Å². The highest BCUT2D eigenvalue weighted by Crippen LogP contribution is 2.15. The van der Waals surface area contributed by atoms with Gasteiger partial charge in [0.15, 0.2) is 0 Å². The first-order chi connectivity index (χ1) is 7.52. The molecule has 88 valence electrons. The number of nitrogen functional groups attached to an aromatic ring is 2. The molecule has 0 spiro atoms. The number of hydrogen-bond donors (Lipinski definition) is 2. The monoisotopic (exact) mass is 242 g/mol. The van der Waals surface area contributed by atoms with Crippen LogP contribution in [0.15, 0.2) is 18.2 Å². The maximum absolute atomic E-state index is 11.6. The predicted octanol–water partition coefficient (Wildman–Crippen LogP) is 1.88. The van der Waals surface area contributed by atoms with Crippen LogP contribution in [0.2, 0.25) is 0 Å². The summed E-state index contributed by atoms with van der Waals surface area (Å²) in [7, 11) is 0. The largest absolute Gasteiger partial charge is 0.462 e. The minimum absolute atomic E-state index is 0.129. The fourth-order valence-corrected chi connectivity index (χ4v) is 1.23. The van der Waals surface area contributed by atoms with Gasteiger partial charge >= 0.3 is 5.97 Å². The van der Waals surface area contributed by atoms with Crippen molar-refractivity contribution in [2.45, 2.75) is 6.92 Å². The molecule has 16 heavy (non-hydrogen) atoms. The number of halogens is 1. The second-order valence-corrected chi connectivity index (χ2v) is 4.05. The SMILES string of the molecule is CC(CCl)COC(=O)c1cc(N)cc(N)c1. The predicted molar refractivity (Wildman–Crippen MR) is 65.4 cm³/mol. The average Bonchev–Trinajstić information content (AvgIpc) is 2.23. The van der Waals surface area contributed by atoms with Gasteiger partial charge in [0.2, 0.25) is 0 Å². The first kappa shape index (κ1) is 12.6. The van der Waals surface area contributed by atoms with Gasteiger partial charge in [0.25, 0.3) is 0 Å². The van der Waals surface area contributed by atoms with E-state index in [0.717, 1.165) is 0 Å². The van der Waals surface area contributed by atoms with Crippen molar-refractivity contribution < 1.29 is 9.53 Å². The topological polar surface area (TPSA) is 78.3 Å². The highest BCUT2D eigenvalue weighted by atomic mass is 35.5. The molecule has 5 heteroatoms. The van der Waals surface area contributed by atoms with Crippen LogP contribution in [0, 0.1) is 5.92 Å². The molecule has 1 rings (SSSR count). The molecule has 1 aromatic rings. The third kappa shape index (κ3) is 3.62. The van der Waals surface area contributed by atoms with Crippen molar-refractivity contribution in [3.8, 4) is 0 Å². The molecule has 0 bridgehead atoms. The number of esters is 1. The van der Waals surface area contributed by atoms with Gasteiger partial charge in [-0.15, -0.1) is 11.6 Å². The summed E-state index contributed by atoms with van der Waals surface area (Å²) in [6.45, 7) is 2.19. The number of carbonyl (C=O) groups is 1. The van der Waals surface area contributed by atoms with E-state index in [1.54, 1.807) is 6.07 Å². The lowest BCUT2D eigenvalue weighted by Crippen LogP contribution is -2.13. The van der Waals surface area contributed by atoms with E-state index >= 15 is 0 Å².